The SMILES string of the molecule is Cl.N[C@@H](Cc1cc(F)cc(F)c1)c1nc(C#Cc2cncnc2)ccc1-c1ccc2c(c1)C(=O)NC2. The van der Waals surface area contributed by atoms with E-state index in [-0.39, 0.29) is 24.7 Å². The van der Waals surface area contributed by atoms with Crippen LogP contribution in [0.1, 0.15) is 44.5 Å². The van der Waals surface area contributed by atoms with Crippen LogP contribution in [0.25, 0.3) is 11.1 Å². The summed E-state index contributed by atoms with van der Waals surface area (Å²) < 4.78 is 27.5. The van der Waals surface area contributed by atoms with Crippen molar-refractivity contribution in [2.45, 2.75) is 19.0 Å². The van der Waals surface area contributed by atoms with Crippen LogP contribution >= 0.6 is 12.4 Å². The van der Waals surface area contributed by atoms with Crippen molar-refractivity contribution in [2.24, 2.45) is 5.73 Å². The predicted molar refractivity (Wildman–Crippen MR) is 133 cm³/mol. The number of hydrogen-bond acceptors (Lipinski definition) is 5. The van der Waals surface area contributed by atoms with Gasteiger partial charge in [-0.2, -0.15) is 0 Å². The van der Waals surface area contributed by atoms with E-state index in [9.17, 15) is 13.6 Å². The van der Waals surface area contributed by atoms with Crippen molar-refractivity contribution < 1.29 is 13.6 Å². The maximum Gasteiger partial charge on any atom is 0.251 e. The van der Waals surface area contributed by atoms with Gasteiger partial charge in [-0.05, 0) is 59.4 Å². The molecule has 1 aliphatic heterocycles. The molecule has 0 radical (unpaired) electrons. The fourth-order valence-corrected chi connectivity index (χ4v) is 4.03. The van der Waals surface area contributed by atoms with E-state index in [1.54, 1.807) is 24.5 Å². The van der Waals surface area contributed by atoms with Gasteiger partial charge in [0.25, 0.3) is 5.91 Å². The topological polar surface area (TPSA) is 93.8 Å². The highest BCUT2D eigenvalue weighted by Gasteiger charge is 2.22. The van der Waals surface area contributed by atoms with Gasteiger partial charge in [-0.3, -0.25) is 4.79 Å². The third kappa shape index (κ3) is 5.38. The largest absolute Gasteiger partial charge is 0.348 e. The number of hydrogen-bond donors (Lipinski definition) is 2. The molecule has 0 spiro atoms. The van der Waals surface area contributed by atoms with Crippen molar-refractivity contribution in [1.82, 2.24) is 20.3 Å². The van der Waals surface area contributed by atoms with Crippen molar-refractivity contribution in [1.29, 1.82) is 0 Å². The fourth-order valence-electron chi connectivity index (χ4n) is 4.03. The summed E-state index contributed by atoms with van der Waals surface area (Å²) in [7, 11) is 0. The number of aromatic nitrogens is 3. The first-order valence-electron chi connectivity index (χ1n) is 10.9. The van der Waals surface area contributed by atoms with Crippen LogP contribution in [0.4, 0.5) is 8.78 Å². The van der Waals surface area contributed by atoms with Gasteiger partial charge in [0.15, 0.2) is 0 Å². The van der Waals surface area contributed by atoms with E-state index in [1.165, 1.54) is 18.5 Å². The fraction of sp³-hybridized carbons (Fsp3) is 0.111. The van der Waals surface area contributed by atoms with Crippen molar-refractivity contribution >= 4 is 18.3 Å². The molecule has 2 aromatic heterocycles. The summed E-state index contributed by atoms with van der Waals surface area (Å²) in [5.41, 5.74) is 11.5. The van der Waals surface area contributed by atoms with Gasteiger partial charge < -0.3 is 11.1 Å². The van der Waals surface area contributed by atoms with E-state index in [1.807, 2.05) is 18.2 Å². The van der Waals surface area contributed by atoms with Gasteiger partial charge in [-0.25, -0.2) is 23.7 Å². The van der Waals surface area contributed by atoms with Crippen LogP contribution < -0.4 is 11.1 Å². The minimum Gasteiger partial charge on any atom is -0.348 e. The number of benzene rings is 2. The molecular formula is C27H20ClF2N5O. The van der Waals surface area contributed by atoms with Crippen LogP contribution in [0.5, 0.6) is 0 Å². The van der Waals surface area contributed by atoms with Crippen LogP contribution in [0.15, 0.2) is 67.3 Å². The highest BCUT2D eigenvalue weighted by Crippen LogP contribution is 2.31. The maximum absolute atomic E-state index is 13.8. The molecule has 9 heteroatoms. The first-order valence-corrected chi connectivity index (χ1v) is 10.9. The molecule has 1 aliphatic rings. The van der Waals surface area contributed by atoms with Gasteiger partial charge >= 0.3 is 0 Å². The van der Waals surface area contributed by atoms with Crippen molar-refractivity contribution in [3.63, 3.8) is 0 Å². The molecule has 180 valence electrons. The molecular weight excluding hydrogens is 484 g/mol. The monoisotopic (exact) mass is 503 g/mol. The Bertz CT molecular complexity index is 1480. The molecule has 0 bridgehead atoms. The summed E-state index contributed by atoms with van der Waals surface area (Å²) in [6, 6.07) is 11.8. The Kier molecular flexibility index (Phi) is 7.34. The standard InChI is InChI=1S/C27H19F2N5O.ClH/c28-20-7-17(8-21(29)11-20)9-25(30)26-23(18-2-3-19-14-33-27(35)24(19)10-18)6-5-22(34-26)4-1-16-12-31-15-32-13-16;/h2-3,5-8,10-13,15,25H,9,14,30H2,(H,33,35);1H/t25-;/m0./s1. The van der Waals surface area contributed by atoms with E-state index >= 15 is 0 Å². The molecule has 3 N–H and O–H groups in total. The zero-order valence-corrected chi connectivity index (χ0v) is 19.7. The smallest absolute Gasteiger partial charge is 0.251 e. The molecule has 6 nitrogen and oxygen atoms in total. The molecule has 1 amide bonds. The molecule has 1 atom stereocenters. The molecule has 0 aliphatic carbocycles. The Balaban J connectivity index is 0.00000304. The van der Waals surface area contributed by atoms with Gasteiger partial charge in [0.2, 0.25) is 0 Å². The molecule has 0 saturated heterocycles. The molecule has 0 unspecified atom stereocenters. The second-order valence-corrected chi connectivity index (χ2v) is 8.15. The molecule has 0 saturated carbocycles. The van der Waals surface area contributed by atoms with Crippen molar-refractivity contribution in [3.8, 4) is 23.0 Å². The number of pyridine rings is 1. The average Bonchev–Trinajstić information content (AvgIpc) is 3.22. The normalized spacial score (nSPS) is 12.6. The summed E-state index contributed by atoms with van der Waals surface area (Å²) in [6.07, 6.45) is 4.76. The third-order valence-corrected chi connectivity index (χ3v) is 5.65. The molecule has 5 rings (SSSR count). The second kappa shape index (κ2) is 10.6. The number of amides is 1. The molecule has 3 heterocycles. The lowest BCUT2D eigenvalue weighted by atomic mass is 9.94. The number of nitrogens with two attached hydrogens (primary N) is 1. The minimum absolute atomic E-state index is 0. The third-order valence-electron chi connectivity index (χ3n) is 5.65. The highest BCUT2D eigenvalue weighted by molar-refractivity contribution is 5.99. The predicted octanol–water partition coefficient (Wildman–Crippen LogP) is 4.12. The van der Waals surface area contributed by atoms with Crippen LogP contribution in [0, 0.1) is 23.5 Å². The van der Waals surface area contributed by atoms with Gasteiger partial charge in [0.1, 0.15) is 23.7 Å². The zero-order chi connectivity index (χ0) is 24.4. The summed E-state index contributed by atoms with van der Waals surface area (Å²) in [5.74, 6) is 4.47. The minimum atomic E-state index is -0.685. The van der Waals surface area contributed by atoms with Crippen LogP contribution in [-0.4, -0.2) is 20.9 Å². The number of carbonyl (C=O) groups is 1. The Morgan fingerprint density at radius 1 is 0.972 bits per heavy atom. The van der Waals surface area contributed by atoms with Crippen LogP contribution in [0.3, 0.4) is 0 Å². The highest BCUT2D eigenvalue weighted by atomic mass is 35.5. The summed E-state index contributed by atoms with van der Waals surface area (Å²) >= 11 is 0. The number of fused-ring (bicyclic) bond motifs is 1. The Labute approximate surface area is 212 Å². The lowest BCUT2D eigenvalue weighted by Gasteiger charge is -2.17. The number of rotatable bonds is 4. The van der Waals surface area contributed by atoms with Gasteiger partial charge in [0.05, 0.1) is 17.3 Å². The Morgan fingerprint density at radius 3 is 2.47 bits per heavy atom. The summed E-state index contributed by atoms with van der Waals surface area (Å²) in [4.78, 5) is 24.8. The number of nitrogens with one attached hydrogen (secondary N) is 1. The van der Waals surface area contributed by atoms with Crippen molar-refractivity contribution in [2.75, 3.05) is 0 Å². The molecule has 4 aromatic rings. The molecule has 36 heavy (non-hydrogen) atoms. The first kappa shape index (κ1) is 24.9. The summed E-state index contributed by atoms with van der Waals surface area (Å²) in [6.45, 7) is 0.488. The molecule has 0 fully saturated rings. The van der Waals surface area contributed by atoms with Crippen LogP contribution in [0.2, 0.25) is 0 Å². The van der Waals surface area contributed by atoms with Crippen LogP contribution in [-0.2, 0) is 13.0 Å². The average molecular weight is 504 g/mol. The Morgan fingerprint density at radius 2 is 1.72 bits per heavy atom. The van der Waals surface area contributed by atoms with E-state index in [0.29, 0.717) is 40.2 Å². The van der Waals surface area contributed by atoms with E-state index in [4.69, 9.17) is 10.7 Å². The van der Waals surface area contributed by atoms with Gasteiger partial charge in [0, 0.05) is 36.1 Å². The second-order valence-electron chi connectivity index (χ2n) is 8.15. The lowest BCUT2D eigenvalue weighted by molar-refractivity contribution is 0.0965. The quantitative estimate of drug-likeness (QED) is 0.408. The van der Waals surface area contributed by atoms with Gasteiger partial charge in [-0.15, -0.1) is 12.4 Å². The van der Waals surface area contributed by atoms with E-state index in [0.717, 1.165) is 17.2 Å². The number of carbonyl (C=O) groups excluding carboxylic acids is 1. The Hall–Kier alpha value is -4.19. The lowest BCUT2D eigenvalue weighted by Crippen LogP contribution is -2.17. The maximum atomic E-state index is 13.8. The first-order chi connectivity index (χ1) is 17.0. The molecule has 2 aromatic carbocycles. The number of nitrogens with zero attached hydrogens (tertiary/aromatic N) is 3. The van der Waals surface area contributed by atoms with E-state index < -0.39 is 17.7 Å². The van der Waals surface area contributed by atoms with Gasteiger partial charge in [-0.1, -0.05) is 18.1 Å². The van der Waals surface area contributed by atoms with Crippen molar-refractivity contribution in [3.05, 3.63) is 113 Å². The summed E-state index contributed by atoms with van der Waals surface area (Å²) in [5, 5.41) is 2.81. The van der Waals surface area contributed by atoms with E-state index in [2.05, 4.69) is 27.1 Å². The zero-order valence-electron chi connectivity index (χ0n) is 18.8. The number of halogens is 3.